The first kappa shape index (κ1) is 27.8. The number of benzene rings is 2. The lowest BCUT2D eigenvalue weighted by Crippen LogP contribution is -2.30. The number of carboxylic acids is 1. The molecule has 2 aromatic heterocycles. The van der Waals surface area contributed by atoms with Gasteiger partial charge in [0.25, 0.3) is 5.91 Å². The van der Waals surface area contributed by atoms with Crippen molar-refractivity contribution in [3.8, 4) is 11.3 Å². The SMILES string of the molecule is COC(=O)CNc1c(-c2ccc(NC(C)=O)cc2)nc2cc(C(=O)NC(CC(=O)O)c3ccc(C)cc3)ccn12. The monoisotopic (exact) mass is 543 g/mol. The predicted octanol–water partition coefficient (Wildman–Crippen LogP) is 3.80. The van der Waals surface area contributed by atoms with Gasteiger partial charge in [-0.3, -0.25) is 23.6 Å². The van der Waals surface area contributed by atoms with Gasteiger partial charge >= 0.3 is 11.9 Å². The molecule has 0 saturated carbocycles. The second kappa shape index (κ2) is 12.1. The molecule has 0 aliphatic heterocycles. The van der Waals surface area contributed by atoms with E-state index in [1.165, 1.54) is 14.0 Å². The minimum Gasteiger partial charge on any atom is -0.481 e. The molecule has 2 aromatic carbocycles. The summed E-state index contributed by atoms with van der Waals surface area (Å²) >= 11 is 0. The molecule has 4 aromatic rings. The van der Waals surface area contributed by atoms with Gasteiger partial charge in [0.2, 0.25) is 5.91 Å². The molecule has 1 atom stereocenters. The Morgan fingerprint density at radius 1 is 1.02 bits per heavy atom. The van der Waals surface area contributed by atoms with E-state index in [9.17, 15) is 24.3 Å². The van der Waals surface area contributed by atoms with Gasteiger partial charge in [0.05, 0.1) is 19.6 Å². The number of ether oxygens (including phenoxy) is 1. The maximum atomic E-state index is 13.2. The molecule has 11 heteroatoms. The molecule has 0 radical (unpaired) electrons. The maximum absolute atomic E-state index is 13.2. The van der Waals surface area contributed by atoms with Crippen molar-refractivity contribution in [3.63, 3.8) is 0 Å². The Kier molecular flexibility index (Phi) is 8.43. The predicted molar refractivity (Wildman–Crippen MR) is 149 cm³/mol. The number of carbonyl (C=O) groups is 4. The first-order valence-electron chi connectivity index (χ1n) is 12.4. The Bertz CT molecular complexity index is 1560. The second-order valence-electron chi connectivity index (χ2n) is 9.18. The summed E-state index contributed by atoms with van der Waals surface area (Å²) in [5, 5.41) is 18.0. The number of hydrogen-bond donors (Lipinski definition) is 4. The zero-order chi connectivity index (χ0) is 28.8. The van der Waals surface area contributed by atoms with Crippen LogP contribution in [0.2, 0.25) is 0 Å². The van der Waals surface area contributed by atoms with Crippen molar-refractivity contribution in [1.29, 1.82) is 0 Å². The minimum absolute atomic E-state index is 0.114. The number of aryl methyl sites for hydroxylation is 1. The van der Waals surface area contributed by atoms with Crippen LogP contribution in [0.1, 0.15) is 40.9 Å². The lowest BCUT2D eigenvalue weighted by molar-refractivity contribution is -0.139. The summed E-state index contributed by atoms with van der Waals surface area (Å²) in [4.78, 5) is 52.6. The standard InChI is InChI=1S/C29H29N5O6/c1-17-4-6-19(7-5-17)23(15-25(36)37)32-29(39)21-12-13-34-24(14-21)33-27(28(34)30-16-26(38)40-3)20-8-10-22(11-9-20)31-18(2)35/h4-14,23,30H,15-16H2,1-3H3,(H,31,35)(H,32,39)(H,36,37). The van der Waals surface area contributed by atoms with Crippen molar-refractivity contribution in [2.45, 2.75) is 26.3 Å². The van der Waals surface area contributed by atoms with E-state index < -0.39 is 23.9 Å². The van der Waals surface area contributed by atoms with E-state index in [1.54, 1.807) is 59.1 Å². The number of nitrogens with one attached hydrogen (secondary N) is 3. The summed E-state index contributed by atoms with van der Waals surface area (Å²) < 4.78 is 6.45. The molecule has 0 spiro atoms. The number of esters is 1. The van der Waals surface area contributed by atoms with Gasteiger partial charge < -0.3 is 25.8 Å². The van der Waals surface area contributed by atoms with Crippen molar-refractivity contribution in [2.24, 2.45) is 0 Å². The highest BCUT2D eigenvalue weighted by Crippen LogP contribution is 2.30. The Balaban J connectivity index is 1.67. The van der Waals surface area contributed by atoms with E-state index in [2.05, 4.69) is 16.0 Å². The fourth-order valence-electron chi connectivity index (χ4n) is 4.17. The molecule has 4 N–H and O–H groups in total. The van der Waals surface area contributed by atoms with Gasteiger partial charge in [0.1, 0.15) is 23.7 Å². The smallest absolute Gasteiger partial charge is 0.325 e. The molecule has 0 saturated heterocycles. The number of aromatic nitrogens is 2. The Morgan fingerprint density at radius 3 is 2.35 bits per heavy atom. The van der Waals surface area contributed by atoms with Crippen molar-refractivity contribution < 1.29 is 29.0 Å². The number of aliphatic carboxylic acids is 1. The molecular formula is C29H29N5O6. The average molecular weight is 544 g/mol. The minimum atomic E-state index is -1.04. The molecule has 0 bridgehead atoms. The van der Waals surface area contributed by atoms with Gasteiger partial charge in [0, 0.05) is 29.9 Å². The molecule has 1 unspecified atom stereocenters. The van der Waals surface area contributed by atoms with Gasteiger partial charge in [-0.15, -0.1) is 0 Å². The fourth-order valence-corrected chi connectivity index (χ4v) is 4.17. The van der Waals surface area contributed by atoms with Crippen LogP contribution >= 0.6 is 0 Å². The van der Waals surface area contributed by atoms with Crippen LogP contribution in [-0.2, 0) is 19.1 Å². The third-order valence-electron chi connectivity index (χ3n) is 6.16. The van der Waals surface area contributed by atoms with Gasteiger partial charge in [-0.2, -0.15) is 0 Å². The lowest BCUT2D eigenvalue weighted by atomic mass is 10.0. The Labute approximate surface area is 230 Å². The molecule has 2 amide bonds. The number of imidazole rings is 1. The number of rotatable bonds is 10. The number of hydrogen-bond acceptors (Lipinski definition) is 7. The van der Waals surface area contributed by atoms with Gasteiger partial charge in [0.15, 0.2) is 0 Å². The Hall–Kier alpha value is -5.19. The van der Waals surface area contributed by atoms with E-state index >= 15 is 0 Å². The third-order valence-corrected chi connectivity index (χ3v) is 6.16. The topological polar surface area (TPSA) is 151 Å². The highest BCUT2D eigenvalue weighted by Gasteiger charge is 2.21. The normalized spacial score (nSPS) is 11.5. The molecule has 0 aliphatic carbocycles. The third kappa shape index (κ3) is 6.62. The van der Waals surface area contributed by atoms with Crippen LogP contribution in [0.25, 0.3) is 16.9 Å². The number of carboxylic acid groups (broad SMARTS) is 1. The molecule has 40 heavy (non-hydrogen) atoms. The van der Waals surface area contributed by atoms with Crippen molar-refractivity contribution in [3.05, 3.63) is 83.6 Å². The van der Waals surface area contributed by atoms with E-state index in [4.69, 9.17) is 9.72 Å². The molecule has 2 heterocycles. The highest BCUT2D eigenvalue weighted by molar-refractivity contribution is 5.96. The number of anilines is 2. The highest BCUT2D eigenvalue weighted by atomic mass is 16.5. The fraction of sp³-hybridized carbons (Fsp3) is 0.207. The summed E-state index contributed by atoms with van der Waals surface area (Å²) in [7, 11) is 1.29. The van der Waals surface area contributed by atoms with Crippen LogP contribution in [0.4, 0.5) is 11.5 Å². The maximum Gasteiger partial charge on any atom is 0.325 e. The Morgan fingerprint density at radius 2 is 1.73 bits per heavy atom. The number of amides is 2. The van der Waals surface area contributed by atoms with Crippen LogP contribution in [0, 0.1) is 6.92 Å². The van der Waals surface area contributed by atoms with Crippen LogP contribution in [0.5, 0.6) is 0 Å². The summed E-state index contributed by atoms with van der Waals surface area (Å²) in [6, 6.07) is 16.8. The van der Waals surface area contributed by atoms with Crippen molar-refractivity contribution in [1.82, 2.24) is 14.7 Å². The van der Waals surface area contributed by atoms with Crippen molar-refractivity contribution >= 4 is 40.9 Å². The first-order valence-corrected chi connectivity index (χ1v) is 12.4. The number of carbonyl (C=O) groups excluding carboxylic acids is 3. The van der Waals surface area contributed by atoms with Crippen LogP contribution < -0.4 is 16.0 Å². The molecule has 0 fully saturated rings. The van der Waals surface area contributed by atoms with E-state index in [-0.39, 0.29) is 24.4 Å². The number of nitrogens with zero attached hydrogens (tertiary/aromatic N) is 2. The first-order chi connectivity index (χ1) is 19.1. The molecule has 206 valence electrons. The molecule has 11 nitrogen and oxygen atoms in total. The number of fused-ring (bicyclic) bond motifs is 1. The quantitative estimate of drug-likeness (QED) is 0.221. The molecule has 4 rings (SSSR count). The zero-order valence-electron chi connectivity index (χ0n) is 22.2. The molecule has 0 aliphatic rings. The lowest BCUT2D eigenvalue weighted by Gasteiger charge is -2.18. The summed E-state index contributed by atoms with van der Waals surface area (Å²) in [5.41, 5.74) is 4.25. The van der Waals surface area contributed by atoms with E-state index in [0.717, 1.165) is 5.56 Å². The van der Waals surface area contributed by atoms with Crippen LogP contribution in [0.3, 0.4) is 0 Å². The van der Waals surface area contributed by atoms with Crippen molar-refractivity contribution in [2.75, 3.05) is 24.3 Å². The summed E-state index contributed by atoms with van der Waals surface area (Å²) in [6.07, 6.45) is 1.37. The van der Waals surface area contributed by atoms with Gasteiger partial charge in [-0.05, 0) is 36.8 Å². The molecular weight excluding hydrogens is 514 g/mol. The van der Waals surface area contributed by atoms with E-state index in [0.29, 0.717) is 34.0 Å². The van der Waals surface area contributed by atoms with Crippen LogP contribution in [-0.4, -0.2) is 51.9 Å². The number of methoxy groups -OCH3 is 1. The second-order valence-corrected chi connectivity index (χ2v) is 9.18. The van der Waals surface area contributed by atoms with Crippen LogP contribution in [0.15, 0.2) is 66.9 Å². The largest absolute Gasteiger partial charge is 0.481 e. The zero-order valence-corrected chi connectivity index (χ0v) is 22.2. The van der Waals surface area contributed by atoms with Gasteiger partial charge in [-0.1, -0.05) is 42.0 Å². The average Bonchev–Trinajstić information content (AvgIpc) is 3.29. The van der Waals surface area contributed by atoms with E-state index in [1.807, 2.05) is 19.1 Å². The number of pyridine rings is 1. The van der Waals surface area contributed by atoms with Gasteiger partial charge in [-0.25, -0.2) is 4.98 Å². The summed E-state index contributed by atoms with van der Waals surface area (Å²) in [5.74, 6) is -1.66. The summed E-state index contributed by atoms with van der Waals surface area (Å²) in [6.45, 7) is 3.23.